The highest BCUT2D eigenvalue weighted by atomic mass is 35.5. The van der Waals surface area contributed by atoms with E-state index < -0.39 is 5.82 Å². The molecule has 19 heavy (non-hydrogen) atoms. The van der Waals surface area contributed by atoms with Crippen LogP contribution >= 0.6 is 23.2 Å². The van der Waals surface area contributed by atoms with Crippen molar-refractivity contribution in [3.8, 4) is 0 Å². The van der Waals surface area contributed by atoms with Gasteiger partial charge in [-0.2, -0.15) is 0 Å². The number of alkyl halides is 1. The molecule has 2 nitrogen and oxygen atoms in total. The third-order valence-corrected chi connectivity index (χ3v) is 4.01. The summed E-state index contributed by atoms with van der Waals surface area (Å²) < 4.78 is 13.8. The van der Waals surface area contributed by atoms with Crippen LogP contribution in [0.3, 0.4) is 0 Å². The lowest BCUT2D eigenvalue weighted by atomic mass is 10.1. The fourth-order valence-corrected chi connectivity index (χ4v) is 3.03. The molecular weight excluding hydrogens is 288 g/mol. The lowest BCUT2D eigenvalue weighted by Crippen LogP contribution is -2.40. The van der Waals surface area contributed by atoms with Gasteiger partial charge >= 0.3 is 0 Å². The fraction of sp³-hybridized carbons (Fsp3) is 0.500. The summed E-state index contributed by atoms with van der Waals surface area (Å²) in [7, 11) is 0. The molecule has 1 amide bonds. The monoisotopic (exact) mass is 303 g/mol. The number of hydrogen-bond donors (Lipinski definition) is 0. The third kappa shape index (κ3) is 3.21. The standard InChI is InChI=1S/C14H16Cl2FNO/c15-8-9-18(10-4-1-2-5-10)14(19)13-11(16)6-3-7-12(13)17/h3,6-7,10H,1-2,4-5,8-9H2. The van der Waals surface area contributed by atoms with Crippen LogP contribution in [-0.2, 0) is 0 Å². The van der Waals surface area contributed by atoms with E-state index in [4.69, 9.17) is 23.2 Å². The topological polar surface area (TPSA) is 20.3 Å². The van der Waals surface area contributed by atoms with Crippen molar-refractivity contribution in [2.75, 3.05) is 12.4 Å². The lowest BCUT2D eigenvalue weighted by molar-refractivity contribution is 0.0690. The van der Waals surface area contributed by atoms with Gasteiger partial charge in [-0.15, -0.1) is 11.6 Å². The number of halogens is 3. The Morgan fingerprint density at radius 3 is 2.63 bits per heavy atom. The van der Waals surface area contributed by atoms with Gasteiger partial charge in [0, 0.05) is 18.5 Å². The van der Waals surface area contributed by atoms with Gasteiger partial charge < -0.3 is 4.90 Å². The van der Waals surface area contributed by atoms with Gasteiger partial charge in [0.1, 0.15) is 5.82 Å². The summed E-state index contributed by atoms with van der Waals surface area (Å²) in [5.74, 6) is -0.584. The van der Waals surface area contributed by atoms with E-state index in [-0.39, 0.29) is 22.5 Å². The van der Waals surface area contributed by atoms with Crippen molar-refractivity contribution >= 4 is 29.1 Å². The summed E-state index contributed by atoms with van der Waals surface area (Å²) in [6.45, 7) is 0.426. The summed E-state index contributed by atoms with van der Waals surface area (Å²) in [6, 6.07) is 4.44. The van der Waals surface area contributed by atoms with Crippen LogP contribution in [0.4, 0.5) is 4.39 Å². The van der Waals surface area contributed by atoms with E-state index in [1.807, 2.05) is 0 Å². The maximum absolute atomic E-state index is 13.8. The van der Waals surface area contributed by atoms with Crippen LogP contribution in [0.15, 0.2) is 18.2 Å². The molecule has 0 aliphatic heterocycles. The van der Waals surface area contributed by atoms with Crippen molar-refractivity contribution in [2.45, 2.75) is 31.7 Å². The molecule has 0 heterocycles. The van der Waals surface area contributed by atoms with Crippen molar-refractivity contribution in [1.82, 2.24) is 4.90 Å². The number of amides is 1. The summed E-state index contributed by atoms with van der Waals surface area (Å²) >= 11 is 11.7. The molecule has 1 aliphatic rings. The minimum Gasteiger partial charge on any atom is -0.334 e. The average molecular weight is 304 g/mol. The summed E-state index contributed by atoms with van der Waals surface area (Å²) in [4.78, 5) is 14.2. The largest absolute Gasteiger partial charge is 0.334 e. The summed E-state index contributed by atoms with van der Waals surface area (Å²) in [6.07, 6.45) is 4.10. The Hall–Kier alpha value is -0.800. The molecule has 5 heteroatoms. The first-order valence-electron chi connectivity index (χ1n) is 6.46. The smallest absolute Gasteiger partial charge is 0.258 e. The number of carbonyl (C=O) groups excluding carboxylic acids is 1. The highest BCUT2D eigenvalue weighted by Crippen LogP contribution is 2.27. The molecule has 0 unspecified atom stereocenters. The molecule has 0 atom stereocenters. The first-order valence-corrected chi connectivity index (χ1v) is 7.37. The zero-order chi connectivity index (χ0) is 13.8. The predicted octanol–water partition coefficient (Wildman–Crippen LogP) is 4.10. The lowest BCUT2D eigenvalue weighted by Gasteiger charge is -2.28. The van der Waals surface area contributed by atoms with Crippen LogP contribution in [0.25, 0.3) is 0 Å². The Labute approximate surface area is 122 Å². The Bertz CT molecular complexity index is 441. The Morgan fingerprint density at radius 2 is 2.05 bits per heavy atom. The van der Waals surface area contributed by atoms with Crippen molar-refractivity contribution in [1.29, 1.82) is 0 Å². The molecule has 1 fully saturated rings. The summed E-state index contributed by atoms with van der Waals surface area (Å²) in [5.41, 5.74) is -0.0406. The molecule has 0 bridgehead atoms. The first-order chi connectivity index (χ1) is 9.15. The van der Waals surface area contributed by atoms with Gasteiger partial charge in [0.2, 0.25) is 0 Å². The maximum Gasteiger partial charge on any atom is 0.258 e. The Morgan fingerprint density at radius 1 is 1.37 bits per heavy atom. The molecule has 1 saturated carbocycles. The van der Waals surface area contributed by atoms with Gasteiger partial charge in [0.05, 0.1) is 10.6 Å². The number of hydrogen-bond acceptors (Lipinski definition) is 1. The molecular formula is C14H16Cl2FNO. The number of benzene rings is 1. The van der Waals surface area contributed by atoms with E-state index in [2.05, 4.69) is 0 Å². The van der Waals surface area contributed by atoms with Gasteiger partial charge in [-0.05, 0) is 25.0 Å². The number of carbonyl (C=O) groups is 1. The van der Waals surface area contributed by atoms with Crippen molar-refractivity contribution in [2.24, 2.45) is 0 Å². The van der Waals surface area contributed by atoms with Crippen LogP contribution in [0.2, 0.25) is 5.02 Å². The van der Waals surface area contributed by atoms with Gasteiger partial charge in [-0.1, -0.05) is 30.5 Å². The fourth-order valence-electron chi connectivity index (χ4n) is 2.60. The van der Waals surface area contributed by atoms with E-state index >= 15 is 0 Å². The van der Waals surface area contributed by atoms with Crippen molar-refractivity contribution in [3.63, 3.8) is 0 Å². The molecule has 1 aromatic carbocycles. The molecule has 0 radical (unpaired) electrons. The molecule has 0 N–H and O–H groups in total. The second-order valence-corrected chi connectivity index (χ2v) is 5.51. The van der Waals surface area contributed by atoms with Crippen LogP contribution in [0.5, 0.6) is 0 Å². The molecule has 0 spiro atoms. The van der Waals surface area contributed by atoms with Gasteiger partial charge in [-0.3, -0.25) is 4.79 Å². The van der Waals surface area contributed by atoms with Gasteiger partial charge in [0.15, 0.2) is 0 Å². The highest BCUT2D eigenvalue weighted by molar-refractivity contribution is 6.33. The second-order valence-electron chi connectivity index (χ2n) is 4.72. The zero-order valence-corrected chi connectivity index (χ0v) is 12.1. The van der Waals surface area contributed by atoms with Crippen LogP contribution in [-0.4, -0.2) is 29.3 Å². The predicted molar refractivity (Wildman–Crippen MR) is 75.4 cm³/mol. The molecule has 1 aliphatic carbocycles. The minimum atomic E-state index is -0.574. The minimum absolute atomic E-state index is 0.0406. The summed E-state index contributed by atoms with van der Waals surface area (Å²) in [5, 5.41) is 0.155. The zero-order valence-electron chi connectivity index (χ0n) is 10.5. The van der Waals surface area contributed by atoms with E-state index in [9.17, 15) is 9.18 Å². The van der Waals surface area contributed by atoms with E-state index in [0.717, 1.165) is 25.7 Å². The van der Waals surface area contributed by atoms with E-state index in [1.54, 1.807) is 4.90 Å². The van der Waals surface area contributed by atoms with E-state index in [1.165, 1.54) is 18.2 Å². The molecule has 0 saturated heterocycles. The quantitative estimate of drug-likeness (QED) is 0.767. The first kappa shape index (κ1) is 14.6. The van der Waals surface area contributed by atoms with Crippen molar-refractivity contribution < 1.29 is 9.18 Å². The van der Waals surface area contributed by atoms with Crippen LogP contribution in [0.1, 0.15) is 36.0 Å². The normalized spacial score (nSPS) is 15.7. The highest BCUT2D eigenvalue weighted by Gasteiger charge is 2.29. The number of nitrogens with zero attached hydrogens (tertiary/aromatic N) is 1. The molecule has 104 valence electrons. The second kappa shape index (κ2) is 6.58. The van der Waals surface area contributed by atoms with Gasteiger partial charge in [0.25, 0.3) is 5.91 Å². The maximum atomic E-state index is 13.8. The SMILES string of the molecule is O=C(c1c(F)cccc1Cl)N(CCCl)C1CCCC1. The van der Waals surface area contributed by atoms with E-state index in [0.29, 0.717) is 12.4 Å². The Kier molecular flexibility index (Phi) is 5.06. The van der Waals surface area contributed by atoms with Crippen LogP contribution < -0.4 is 0 Å². The molecule has 0 aromatic heterocycles. The third-order valence-electron chi connectivity index (χ3n) is 3.53. The van der Waals surface area contributed by atoms with Gasteiger partial charge in [-0.25, -0.2) is 4.39 Å². The number of rotatable bonds is 4. The van der Waals surface area contributed by atoms with Crippen LogP contribution in [0, 0.1) is 5.82 Å². The molecule has 2 rings (SSSR count). The average Bonchev–Trinajstić information content (AvgIpc) is 2.89. The Balaban J connectivity index is 2.28. The van der Waals surface area contributed by atoms with Crippen molar-refractivity contribution in [3.05, 3.63) is 34.6 Å². The molecule has 1 aromatic rings.